The molecular weight excluding hydrogens is 314 g/mol. The molecule has 0 unspecified atom stereocenters. The van der Waals surface area contributed by atoms with Crippen LogP contribution in [0.3, 0.4) is 0 Å². The van der Waals surface area contributed by atoms with Crippen LogP contribution in [0.2, 0.25) is 5.02 Å². The maximum atomic E-state index is 10.9. The molecule has 0 N–H and O–H groups in total. The van der Waals surface area contributed by atoms with Gasteiger partial charge in [0, 0.05) is 16.9 Å². The Morgan fingerprint density at radius 2 is 2.05 bits per heavy atom. The first kappa shape index (κ1) is 15.7. The first-order valence-electron chi connectivity index (χ1n) is 6.15. The lowest BCUT2D eigenvalue weighted by Crippen LogP contribution is -2.12. The van der Waals surface area contributed by atoms with Crippen LogP contribution in [-0.2, 0) is 5.41 Å². The van der Waals surface area contributed by atoms with Crippen LogP contribution in [0, 0.1) is 17.0 Å². The predicted octanol–water partition coefficient (Wildman–Crippen LogP) is 4.50. The second-order valence-corrected chi connectivity index (χ2v) is 6.68. The molecule has 0 atom stereocenters. The van der Waals surface area contributed by atoms with Gasteiger partial charge in [0.2, 0.25) is 0 Å². The highest BCUT2D eigenvalue weighted by Gasteiger charge is 2.22. The number of nitrogens with zero attached hydrogens (tertiary/aromatic N) is 3. The molecule has 8 heteroatoms. The van der Waals surface area contributed by atoms with Crippen molar-refractivity contribution < 1.29 is 9.66 Å². The summed E-state index contributed by atoms with van der Waals surface area (Å²) in [5.41, 5.74) is 0.315. The monoisotopic (exact) mass is 327 g/mol. The van der Waals surface area contributed by atoms with Crippen LogP contribution in [0.15, 0.2) is 12.1 Å². The zero-order chi connectivity index (χ0) is 15.8. The number of aromatic nitrogens is 2. The third-order valence-corrected chi connectivity index (χ3v) is 3.61. The molecule has 21 heavy (non-hydrogen) atoms. The van der Waals surface area contributed by atoms with Gasteiger partial charge in [0.15, 0.2) is 5.82 Å². The minimum atomic E-state index is -0.546. The number of benzene rings is 1. The topological polar surface area (TPSA) is 78.2 Å². The van der Waals surface area contributed by atoms with Crippen LogP contribution < -0.4 is 4.74 Å². The summed E-state index contributed by atoms with van der Waals surface area (Å²) >= 11 is 6.95. The molecule has 1 aromatic heterocycles. The highest BCUT2D eigenvalue weighted by Crippen LogP contribution is 2.35. The molecule has 112 valence electrons. The fraction of sp³-hybridized carbons (Fsp3) is 0.385. The van der Waals surface area contributed by atoms with Crippen molar-refractivity contribution >= 4 is 28.8 Å². The first-order valence-corrected chi connectivity index (χ1v) is 7.30. The van der Waals surface area contributed by atoms with Crippen LogP contribution in [0.25, 0.3) is 0 Å². The lowest BCUT2D eigenvalue weighted by molar-refractivity contribution is -0.384. The molecule has 0 aliphatic carbocycles. The Kier molecular flexibility index (Phi) is 4.15. The van der Waals surface area contributed by atoms with Crippen LogP contribution in [0.4, 0.5) is 5.69 Å². The zero-order valence-electron chi connectivity index (χ0n) is 12.0. The Bertz CT molecular complexity index is 694. The van der Waals surface area contributed by atoms with Crippen molar-refractivity contribution in [3.63, 3.8) is 0 Å². The summed E-state index contributed by atoms with van der Waals surface area (Å²) in [6.07, 6.45) is 0. The lowest BCUT2D eigenvalue weighted by atomic mass is 9.96. The Hall–Kier alpha value is -1.73. The molecule has 0 spiro atoms. The fourth-order valence-corrected chi connectivity index (χ4v) is 2.56. The minimum Gasteiger partial charge on any atom is -0.429 e. The highest BCUT2D eigenvalue weighted by molar-refractivity contribution is 7.07. The summed E-state index contributed by atoms with van der Waals surface area (Å²) in [6, 6.07) is 2.80. The van der Waals surface area contributed by atoms with Gasteiger partial charge in [-0.3, -0.25) is 10.1 Å². The summed E-state index contributed by atoms with van der Waals surface area (Å²) in [7, 11) is 0. The van der Waals surface area contributed by atoms with Crippen molar-refractivity contribution in [1.29, 1.82) is 0 Å². The standard InChI is InChI=1S/C13H14ClN3O3S/c1-7-5-8(14)9(17(18)19)6-10(7)20-12-15-11(16-21-12)13(2,3)4/h5-6H,1-4H3. The number of halogens is 1. The van der Waals surface area contributed by atoms with Gasteiger partial charge in [-0.25, -0.2) is 0 Å². The summed E-state index contributed by atoms with van der Waals surface area (Å²) in [5, 5.41) is 11.3. The molecule has 0 saturated heterocycles. The summed E-state index contributed by atoms with van der Waals surface area (Å²) in [5.74, 6) is 1.02. The largest absolute Gasteiger partial charge is 0.429 e. The fourth-order valence-electron chi connectivity index (χ4n) is 1.54. The summed E-state index contributed by atoms with van der Waals surface area (Å²) in [6.45, 7) is 7.75. The maximum Gasteiger partial charge on any atom is 0.298 e. The average Bonchev–Trinajstić information content (AvgIpc) is 2.80. The predicted molar refractivity (Wildman–Crippen MR) is 81.5 cm³/mol. The molecule has 0 fully saturated rings. The number of rotatable bonds is 3. The van der Waals surface area contributed by atoms with Crippen molar-refractivity contribution in [2.75, 3.05) is 0 Å². The molecule has 1 aromatic carbocycles. The molecule has 0 saturated carbocycles. The van der Waals surface area contributed by atoms with E-state index >= 15 is 0 Å². The normalized spacial score (nSPS) is 11.5. The van der Waals surface area contributed by atoms with E-state index in [-0.39, 0.29) is 16.1 Å². The molecule has 0 amide bonds. The SMILES string of the molecule is Cc1cc(Cl)c([N+](=O)[O-])cc1Oc1nc(C(C)(C)C)ns1. The van der Waals surface area contributed by atoms with Crippen LogP contribution in [0.5, 0.6) is 10.9 Å². The Morgan fingerprint density at radius 1 is 1.38 bits per heavy atom. The number of nitro benzene ring substituents is 1. The van der Waals surface area contributed by atoms with Gasteiger partial charge < -0.3 is 4.74 Å². The maximum absolute atomic E-state index is 10.9. The van der Waals surface area contributed by atoms with Crippen LogP contribution in [0.1, 0.15) is 32.2 Å². The molecule has 1 heterocycles. The number of nitro groups is 1. The van der Waals surface area contributed by atoms with Gasteiger partial charge in [0.05, 0.1) is 11.0 Å². The van der Waals surface area contributed by atoms with E-state index in [0.717, 1.165) is 11.5 Å². The zero-order valence-corrected chi connectivity index (χ0v) is 13.6. The van der Waals surface area contributed by atoms with Crippen molar-refractivity contribution in [2.45, 2.75) is 33.1 Å². The molecule has 6 nitrogen and oxygen atoms in total. The molecule has 2 rings (SSSR count). The van der Waals surface area contributed by atoms with E-state index in [1.54, 1.807) is 6.92 Å². The number of aryl methyl sites for hydroxylation is 1. The van der Waals surface area contributed by atoms with E-state index in [4.69, 9.17) is 16.3 Å². The second-order valence-electron chi connectivity index (χ2n) is 5.56. The van der Waals surface area contributed by atoms with Crippen molar-refractivity contribution in [3.05, 3.63) is 38.7 Å². The first-order chi connectivity index (χ1) is 9.68. The Morgan fingerprint density at radius 3 is 2.57 bits per heavy atom. The van der Waals surface area contributed by atoms with E-state index in [0.29, 0.717) is 22.3 Å². The van der Waals surface area contributed by atoms with Gasteiger partial charge in [-0.15, -0.1) is 0 Å². The van der Waals surface area contributed by atoms with Gasteiger partial charge in [-0.2, -0.15) is 9.36 Å². The van der Waals surface area contributed by atoms with Gasteiger partial charge in [-0.1, -0.05) is 32.4 Å². The summed E-state index contributed by atoms with van der Waals surface area (Å²) < 4.78 is 9.85. The van der Waals surface area contributed by atoms with E-state index in [2.05, 4.69) is 9.36 Å². The molecule has 0 radical (unpaired) electrons. The second kappa shape index (κ2) is 5.57. The van der Waals surface area contributed by atoms with Gasteiger partial charge in [0.25, 0.3) is 10.9 Å². The van der Waals surface area contributed by atoms with Crippen LogP contribution in [-0.4, -0.2) is 14.3 Å². The molecule has 0 aliphatic rings. The van der Waals surface area contributed by atoms with Gasteiger partial charge in [-0.05, 0) is 18.6 Å². The minimum absolute atomic E-state index is 0.0810. The van der Waals surface area contributed by atoms with E-state index in [9.17, 15) is 10.1 Å². The van der Waals surface area contributed by atoms with E-state index < -0.39 is 4.92 Å². The Balaban J connectivity index is 2.33. The third-order valence-electron chi connectivity index (χ3n) is 2.72. The summed E-state index contributed by atoms with van der Waals surface area (Å²) in [4.78, 5) is 14.7. The van der Waals surface area contributed by atoms with E-state index in [1.165, 1.54) is 12.1 Å². The average molecular weight is 328 g/mol. The van der Waals surface area contributed by atoms with Crippen LogP contribution >= 0.6 is 23.1 Å². The number of hydrogen-bond donors (Lipinski definition) is 0. The highest BCUT2D eigenvalue weighted by atomic mass is 35.5. The number of hydrogen-bond acceptors (Lipinski definition) is 6. The smallest absolute Gasteiger partial charge is 0.298 e. The van der Waals surface area contributed by atoms with Crippen molar-refractivity contribution in [3.8, 4) is 10.9 Å². The molecule has 0 bridgehead atoms. The van der Waals surface area contributed by atoms with Gasteiger partial charge in [0.1, 0.15) is 10.8 Å². The van der Waals surface area contributed by atoms with E-state index in [1.807, 2.05) is 20.8 Å². The lowest BCUT2D eigenvalue weighted by Gasteiger charge is -2.12. The molecule has 2 aromatic rings. The molecule has 0 aliphatic heterocycles. The number of ether oxygens (including phenoxy) is 1. The van der Waals surface area contributed by atoms with Crippen molar-refractivity contribution in [1.82, 2.24) is 9.36 Å². The van der Waals surface area contributed by atoms with Crippen molar-refractivity contribution in [2.24, 2.45) is 0 Å². The Labute approximate surface area is 131 Å². The quantitative estimate of drug-likeness (QED) is 0.612. The molecular formula is C13H14ClN3O3S. The van der Waals surface area contributed by atoms with Gasteiger partial charge >= 0.3 is 0 Å². The third kappa shape index (κ3) is 3.48.